The fourth-order valence-electron chi connectivity index (χ4n) is 3.47. The van der Waals surface area contributed by atoms with Gasteiger partial charge in [-0.3, -0.25) is 9.36 Å². The predicted molar refractivity (Wildman–Crippen MR) is 112 cm³/mol. The summed E-state index contributed by atoms with van der Waals surface area (Å²) in [4.78, 5) is 14.6. The Bertz CT molecular complexity index is 983. The lowest BCUT2D eigenvalue weighted by Crippen LogP contribution is -2.38. The number of hydrogen-bond donors (Lipinski definition) is 0. The molecule has 0 radical (unpaired) electrons. The standard InChI is InChI=1S/C22H23FN4OS/c1-16-11-13-26(14-12-16)20(28)15-29-22-25-24-21(18-9-5-6-10-19(18)23)27(22)17-7-3-2-4-8-17/h2-10,16H,11-15H2,1H3. The first-order valence-corrected chi connectivity index (χ1v) is 10.8. The lowest BCUT2D eigenvalue weighted by atomic mass is 9.99. The first-order chi connectivity index (χ1) is 14.1. The summed E-state index contributed by atoms with van der Waals surface area (Å²) in [5.74, 6) is 1.15. The number of amides is 1. The van der Waals surface area contributed by atoms with Gasteiger partial charge in [-0.25, -0.2) is 4.39 Å². The second-order valence-electron chi connectivity index (χ2n) is 7.31. The summed E-state index contributed by atoms with van der Waals surface area (Å²) in [5.41, 5.74) is 1.21. The molecule has 0 spiro atoms. The Morgan fingerprint density at radius 2 is 1.76 bits per heavy atom. The van der Waals surface area contributed by atoms with Crippen LogP contribution in [0, 0.1) is 11.7 Å². The molecule has 1 fully saturated rings. The average Bonchev–Trinajstić information content (AvgIpc) is 3.17. The summed E-state index contributed by atoms with van der Waals surface area (Å²) in [6, 6.07) is 16.1. The molecule has 0 unspecified atom stereocenters. The highest BCUT2D eigenvalue weighted by molar-refractivity contribution is 7.99. The number of carbonyl (C=O) groups is 1. The van der Waals surface area contributed by atoms with Crippen LogP contribution in [0.5, 0.6) is 0 Å². The highest BCUT2D eigenvalue weighted by Crippen LogP contribution is 2.29. The quantitative estimate of drug-likeness (QED) is 0.584. The first kappa shape index (κ1) is 19.6. The maximum Gasteiger partial charge on any atom is 0.233 e. The zero-order chi connectivity index (χ0) is 20.2. The van der Waals surface area contributed by atoms with Crippen molar-refractivity contribution in [2.45, 2.75) is 24.9 Å². The number of thioether (sulfide) groups is 1. The van der Waals surface area contributed by atoms with Crippen molar-refractivity contribution in [2.75, 3.05) is 18.8 Å². The van der Waals surface area contributed by atoms with E-state index in [0.717, 1.165) is 31.6 Å². The molecule has 3 aromatic rings. The third-order valence-electron chi connectivity index (χ3n) is 5.22. The molecular formula is C22H23FN4OS. The Hall–Kier alpha value is -2.67. The van der Waals surface area contributed by atoms with Gasteiger partial charge in [0.2, 0.25) is 5.91 Å². The van der Waals surface area contributed by atoms with Crippen molar-refractivity contribution in [1.29, 1.82) is 0 Å². The average molecular weight is 411 g/mol. The Kier molecular flexibility index (Phi) is 5.94. The smallest absolute Gasteiger partial charge is 0.233 e. The minimum atomic E-state index is -0.354. The molecule has 0 N–H and O–H groups in total. The molecule has 0 saturated carbocycles. The monoisotopic (exact) mass is 410 g/mol. The van der Waals surface area contributed by atoms with Crippen molar-refractivity contribution in [1.82, 2.24) is 19.7 Å². The minimum Gasteiger partial charge on any atom is -0.342 e. The lowest BCUT2D eigenvalue weighted by molar-refractivity contribution is -0.129. The van der Waals surface area contributed by atoms with Crippen molar-refractivity contribution in [2.24, 2.45) is 5.92 Å². The molecule has 1 amide bonds. The van der Waals surface area contributed by atoms with Gasteiger partial charge in [0.05, 0.1) is 11.3 Å². The molecule has 2 heterocycles. The van der Waals surface area contributed by atoms with Gasteiger partial charge >= 0.3 is 0 Å². The third-order valence-corrected chi connectivity index (χ3v) is 6.14. The SMILES string of the molecule is CC1CCN(C(=O)CSc2nnc(-c3ccccc3F)n2-c2ccccc2)CC1. The van der Waals surface area contributed by atoms with Crippen LogP contribution in [0.4, 0.5) is 4.39 Å². The van der Waals surface area contributed by atoms with Crippen LogP contribution in [-0.4, -0.2) is 44.4 Å². The number of rotatable bonds is 5. The molecule has 1 aliphatic heterocycles. The summed E-state index contributed by atoms with van der Waals surface area (Å²) in [6.07, 6.45) is 2.10. The number of piperidine rings is 1. The van der Waals surface area contributed by atoms with Crippen LogP contribution < -0.4 is 0 Å². The molecule has 4 rings (SSSR count). The van der Waals surface area contributed by atoms with E-state index in [1.54, 1.807) is 18.2 Å². The third kappa shape index (κ3) is 4.34. The zero-order valence-electron chi connectivity index (χ0n) is 16.3. The van der Waals surface area contributed by atoms with E-state index >= 15 is 0 Å². The van der Waals surface area contributed by atoms with Gasteiger partial charge in [0.1, 0.15) is 5.82 Å². The highest BCUT2D eigenvalue weighted by atomic mass is 32.2. The van der Waals surface area contributed by atoms with E-state index in [1.165, 1.54) is 17.8 Å². The number of nitrogens with zero attached hydrogens (tertiary/aromatic N) is 4. The highest BCUT2D eigenvalue weighted by Gasteiger charge is 2.23. The molecule has 1 aliphatic rings. The topological polar surface area (TPSA) is 51.0 Å². The molecule has 29 heavy (non-hydrogen) atoms. The van der Waals surface area contributed by atoms with E-state index in [4.69, 9.17) is 0 Å². The van der Waals surface area contributed by atoms with E-state index < -0.39 is 0 Å². The predicted octanol–water partition coefficient (Wildman–Crippen LogP) is 4.42. The van der Waals surface area contributed by atoms with Gasteiger partial charge in [-0.05, 0) is 43.0 Å². The summed E-state index contributed by atoms with van der Waals surface area (Å²) >= 11 is 1.34. The van der Waals surface area contributed by atoms with Crippen molar-refractivity contribution in [3.8, 4) is 17.1 Å². The maximum atomic E-state index is 14.4. The fourth-order valence-corrected chi connectivity index (χ4v) is 4.32. The number of aromatic nitrogens is 3. The normalized spacial score (nSPS) is 14.9. The zero-order valence-corrected chi connectivity index (χ0v) is 17.1. The number of hydrogen-bond acceptors (Lipinski definition) is 4. The van der Waals surface area contributed by atoms with E-state index in [-0.39, 0.29) is 17.5 Å². The van der Waals surface area contributed by atoms with Gasteiger partial charge in [0, 0.05) is 18.8 Å². The maximum absolute atomic E-state index is 14.4. The molecule has 0 bridgehead atoms. The van der Waals surface area contributed by atoms with Crippen LogP contribution in [0.3, 0.4) is 0 Å². The number of benzene rings is 2. The minimum absolute atomic E-state index is 0.108. The summed E-state index contributed by atoms with van der Waals surface area (Å²) in [6.45, 7) is 3.85. The van der Waals surface area contributed by atoms with Crippen LogP contribution in [0.1, 0.15) is 19.8 Å². The molecule has 2 aromatic carbocycles. The van der Waals surface area contributed by atoms with Gasteiger partial charge in [0.25, 0.3) is 0 Å². The van der Waals surface area contributed by atoms with Crippen molar-refractivity contribution >= 4 is 17.7 Å². The van der Waals surface area contributed by atoms with Gasteiger partial charge in [-0.15, -0.1) is 10.2 Å². The first-order valence-electron chi connectivity index (χ1n) is 9.80. The van der Waals surface area contributed by atoms with Crippen LogP contribution in [-0.2, 0) is 4.79 Å². The van der Waals surface area contributed by atoms with Gasteiger partial charge in [-0.1, -0.05) is 49.0 Å². The fraction of sp³-hybridized carbons (Fsp3) is 0.318. The summed E-state index contributed by atoms with van der Waals surface area (Å²) in [5, 5.41) is 9.11. The van der Waals surface area contributed by atoms with Crippen molar-refractivity contribution in [3.05, 3.63) is 60.4 Å². The molecule has 0 atom stereocenters. The second-order valence-corrected chi connectivity index (χ2v) is 8.25. The van der Waals surface area contributed by atoms with E-state index in [2.05, 4.69) is 17.1 Å². The number of carbonyl (C=O) groups excluding carboxylic acids is 1. The number of likely N-dealkylation sites (tertiary alicyclic amines) is 1. The van der Waals surface area contributed by atoms with Crippen LogP contribution in [0.25, 0.3) is 17.1 Å². The lowest BCUT2D eigenvalue weighted by Gasteiger charge is -2.30. The Morgan fingerprint density at radius 3 is 2.48 bits per heavy atom. The molecule has 1 aromatic heterocycles. The summed E-state index contributed by atoms with van der Waals surface area (Å²) in [7, 11) is 0. The van der Waals surface area contributed by atoms with Gasteiger partial charge in [-0.2, -0.15) is 0 Å². The molecule has 7 heteroatoms. The Balaban J connectivity index is 1.60. The number of halogens is 1. The molecule has 5 nitrogen and oxygen atoms in total. The van der Waals surface area contributed by atoms with E-state index in [0.29, 0.717) is 22.5 Å². The second kappa shape index (κ2) is 8.78. The van der Waals surface area contributed by atoms with Crippen molar-refractivity contribution in [3.63, 3.8) is 0 Å². The Labute approximate surface area is 173 Å². The largest absolute Gasteiger partial charge is 0.342 e. The molecule has 0 aliphatic carbocycles. The van der Waals surface area contributed by atoms with Gasteiger partial charge < -0.3 is 4.90 Å². The summed E-state index contributed by atoms with van der Waals surface area (Å²) < 4.78 is 16.2. The van der Waals surface area contributed by atoms with Crippen LogP contribution in [0.15, 0.2) is 59.8 Å². The molecule has 1 saturated heterocycles. The van der Waals surface area contributed by atoms with Crippen LogP contribution in [0.2, 0.25) is 0 Å². The number of para-hydroxylation sites is 1. The van der Waals surface area contributed by atoms with E-state index in [9.17, 15) is 9.18 Å². The van der Waals surface area contributed by atoms with Gasteiger partial charge in [0.15, 0.2) is 11.0 Å². The molecular weight excluding hydrogens is 387 g/mol. The van der Waals surface area contributed by atoms with Crippen LogP contribution >= 0.6 is 11.8 Å². The van der Waals surface area contributed by atoms with E-state index in [1.807, 2.05) is 39.8 Å². The Morgan fingerprint density at radius 1 is 1.07 bits per heavy atom. The molecule has 150 valence electrons. The van der Waals surface area contributed by atoms with Crippen molar-refractivity contribution < 1.29 is 9.18 Å².